The van der Waals surface area contributed by atoms with Crippen molar-refractivity contribution >= 4 is 5.97 Å². The van der Waals surface area contributed by atoms with Crippen LogP contribution in [0.3, 0.4) is 0 Å². The minimum Gasteiger partial charge on any atom is -0.480 e. The Bertz CT molecular complexity index is 557. The number of likely N-dealkylation sites (N-methyl/N-ethyl adjacent to an activating group) is 1. The van der Waals surface area contributed by atoms with Crippen LogP contribution >= 0.6 is 0 Å². The van der Waals surface area contributed by atoms with Gasteiger partial charge in [-0.2, -0.15) is 0 Å². The Balaban J connectivity index is 2.11. The van der Waals surface area contributed by atoms with Crippen LogP contribution in [0.1, 0.15) is 19.5 Å². The lowest BCUT2D eigenvalue weighted by molar-refractivity contribution is -0.148. The lowest BCUT2D eigenvalue weighted by Crippen LogP contribution is -2.47. The van der Waals surface area contributed by atoms with Crippen molar-refractivity contribution in [1.29, 1.82) is 0 Å². The van der Waals surface area contributed by atoms with Crippen LogP contribution in [-0.2, 0) is 11.3 Å². The van der Waals surface area contributed by atoms with Gasteiger partial charge in [0, 0.05) is 12.6 Å². The van der Waals surface area contributed by atoms with Gasteiger partial charge in [-0.25, -0.2) is 0 Å². The van der Waals surface area contributed by atoms with Gasteiger partial charge >= 0.3 is 5.97 Å². The second kappa shape index (κ2) is 4.89. The fraction of sp³-hybridized carbons (Fsp3) is 0.385. The normalized spacial score (nSPS) is 12.0. The molecule has 0 saturated heterocycles. The van der Waals surface area contributed by atoms with Gasteiger partial charge in [0.05, 0.1) is 12.0 Å². The minimum atomic E-state index is -0.968. The maximum atomic E-state index is 11.1. The van der Waals surface area contributed by atoms with Crippen molar-refractivity contribution in [2.24, 2.45) is 0 Å². The Morgan fingerprint density at radius 3 is 2.79 bits per heavy atom. The minimum absolute atomic E-state index is 0.378. The predicted molar refractivity (Wildman–Crippen MR) is 67.4 cm³/mol. The maximum absolute atomic E-state index is 11.1. The molecule has 0 radical (unpaired) electrons. The van der Waals surface area contributed by atoms with Crippen molar-refractivity contribution in [2.75, 3.05) is 7.05 Å². The summed E-state index contributed by atoms with van der Waals surface area (Å²) >= 11 is 0. The molecule has 6 nitrogen and oxygen atoms in total. The van der Waals surface area contributed by atoms with E-state index in [1.54, 1.807) is 50.3 Å². The standard InChI is InChI=1S/C13H16N2O4/c1-13(2,12(16)17)15(3)8-9-7-11(19-14-9)10-5-4-6-18-10/h4-7H,8H2,1-3H3,(H,16,17). The first kappa shape index (κ1) is 13.4. The second-order valence-corrected chi connectivity index (χ2v) is 4.88. The molecule has 0 aromatic carbocycles. The van der Waals surface area contributed by atoms with Gasteiger partial charge in [0.15, 0.2) is 5.76 Å². The molecule has 0 aliphatic heterocycles. The second-order valence-electron chi connectivity index (χ2n) is 4.88. The molecule has 0 fully saturated rings. The van der Waals surface area contributed by atoms with Crippen molar-refractivity contribution < 1.29 is 18.8 Å². The largest absolute Gasteiger partial charge is 0.480 e. The number of aromatic nitrogens is 1. The molecule has 0 aliphatic rings. The summed E-state index contributed by atoms with van der Waals surface area (Å²) in [5.41, 5.74) is -0.313. The molecular weight excluding hydrogens is 248 g/mol. The van der Waals surface area contributed by atoms with Gasteiger partial charge in [-0.05, 0) is 33.0 Å². The van der Waals surface area contributed by atoms with Crippen molar-refractivity contribution in [1.82, 2.24) is 10.1 Å². The van der Waals surface area contributed by atoms with E-state index in [1.165, 1.54) is 0 Å². The van der Waals surface area contributed by atoms with Crippen LogP contribution in [0.5, 0.6) is 0 Å². The molecule has 19 heavy (non-hydrogen) atoms. The molecule has 2 aromatic rings. The number of rotatable bonds is 5. The zero-order chi connectivity index (χ0) is 14.0. The highest BCUT2D eigenvalue weighted by Crippen LogP contribution is 2.22. The topological polar surface area (TPSA) is 79.7 Å². The summed E-state index contributed by atoms with van der Waals surface area (Å²) in [5, 5.41) is 13.1. The van der Waals surface area contributed by atoms with Crippen molar-refractivity contribution in [3.63, 3.8) is 0 Å². The molecule has 0 amide bonds. The Labute approximate surface area is 110 Å². The van der Waals surface area contributed by atoms with Gasteiger partial charge in [-0.1, -0.05) is 5.16 Å². The number of carbonyl (C=O) groups is 1. The van der Waals surface area contributed by atoms with Gasteiger partial charge in [0.2, 0.25) is 5.76 Å². The van der Waals surface area contributed by atoms with Gasteiger partial charge in [0.25, 0.3) is 0 Å². The highest BCUT2D eigenvalue weighted by atomic mass is 16.5. The third-order valence-corrected chi connectivity index (χ3v) is 3.20. The van der Waals surface area contributed by atoms with Gasteiger partial charge < -0.3 is 14.0 Å². The molecule has 0 saturated carbocycles. The zero-order valence-electron chi connectivity index (χ0n) is 11.1. The molecule has 102 valence electrons. The SMILES string of the molecule is CN(Cc1cc(-c2ccco2)on1)C(C)(C)C(=O)O. The average molecular weight is 264 g/mol. The molecule has 0 spiro atoms. The number of nitrogens with zero attached hydrogens (tertiary/aromatic N) is 2. The van der Waals surface area contributed by atoms with Crippen LogP contribution in [0, 0.1) is 0 Å². The van der Waals surface area contributed by atoms with E-state index in [4.69, 9.17) is 14.0 Å². The van der Waals surface area contributed by atoms with E-state index >= 15 is 0 Å². The molecule has 2 rings (SSSR count). The van der Waals surface area contributed by atoms with Crippen LogP contribution in [0.4, 0.5) is 0 Å². The fourth-order valence-electron chi connectivity index (χ4n) is 1.53. The lowest BCUT2D eigenvalue weighted by atomic mass is 10.0. The molecule has 2 heterocycles. The van der Waals surface area contributed by atoms with E-state index in [1.807, 2.05) is 0 Å². The number of hydrogen-bond acceptors (Lipinski definition) is 5. The summed E-state index contributed by atoms with van der Waals surface area (Å²) in [7, 11) is 1.73. The van der Waals surface area contributed by atoms with E-state index in [0.717, 1.165) is 0 Å². The third-order valence-electron chi connectivity index (χ3n) is 3.20. The number of carboxylic acid groups (broad SMARTS) is 1. The van der Waals surface area contributed by atoms with Gasteiger partial charge in [0.1, 0.15) is 5.54 Å². The quantitative estimate of drug-likeness (QED) is 0.892. The van der Waals surface area contributed by atoms with Gasteiger partial charge in [-0.15, -0.1) is 0 Å². The first-order chi connectivity index (χ1) is 8.91. The Morgan fingerprint density at radius 1 is 1.47 bits per heavy atom. The molecule has 0 bridgehead atoms. The zero-order valence-corrected chi connectivity index (χ0v) is 11.1. The number of carboxylic acids is 1. The Morgan fingerprint density at radius 2 is 2.21 bits per heavy atom. The summed E-state index contributed by atoms with van der Waals surface area (Å²) in [4.78, 5) is 12.8. The predicted octanol–water partition coefficient (Wildman–Crippen LogP) is 2.23. The lowest BCUT2D eigenvalue weighted by Gasteiger charge is -2.30. The molecule has 0 aliphatic carbocycles. The number of hydrogen-bond donors (Lipinski definition) is 1. The Hall–Kier alpha value is -2.08. The monoisotopic (exact) mass is 264 g/mol. The van der Waals surface area contributed by atoms with E-state index in [-0.39, 0.29) is 0 Å². The summed E-state index contributed by atoms with van der Waals surface area (Å²) in [6.45, 7) is 3.66. The fourth-order valence-corrected chi connectivity index (χ4v) is 1.53. The highest BCUT2D eigenvalue weighted by molar-refractivity contribution is 5.77. The van der Waals surface area contributed by atoms with Crippen molar-refractivity contribution in [3.8, 4) is 11.5 Å². The van der Waals surface area contributed by atoms with Crippen LogP contribution in [0.2, 0.25) is 0 Å². The van der Waals surface area contributed by atoms with Crippen LogP contribution in [-0.4, -0.2) is 33.7 Å². The van der Waals surface area contributed by atoms with Crippen LogP contribution in [0.25, 0.3) is 11.5 Å². The molecule has 1 N–H and O–H groups in total. The summed E-state index contributed by atoms with van der Waals surface area (Å²) < 4.78 is 10.4. The van der Waals surface area contributed by atoms with E-state index in [2.05, 4.69) is 5.16 Å². The van der Waals surface area contributed by atoms with Crippen molar-refractivity contribution in [2.45, 2.75) is 25.9 Å². The highest BCUT2D eigenvalue weighted by Gasteiger charge is 2.32. The van der Waals surface area contributed by atoms with E-state index in [9.17, 15) is 4.79 Å². The molecular formula is C13H16N2O4. The first-order valence-corrected chi connectivity index (χ1v) is 5.85. The summed E-state index contributed by atoms with van der Waals surface area (Å²) in [6, 6.07) is 5.28. The summed E-state index contributed by atoms with van der Waals surface area (Å²) in [5.74, 6) is 0.241. The first-order valence-electron chi connectivity index (χ1n) is 5.85. The average Bonchev–Trinajstić information content (AvgIpc) is 2.97. The third kappa shape index (κ3) is 2.68. The van der Waals surface area contributed by atoms with Crippen molar-refractivity contribution in [3.05, 3.63) is 30.2 Å². The van der Waals surface area contributed by atoms with Gasteiger partial charge in [-0.3, -0.25) is 9.69 Å². The molecule has 0 atom stereocenters. The molecule has 6 heteroatoms. The Kier molecular flexibility index (Phi) is 3.44. The molecule has 2 aromatic heterocycles. The smallest absolute Gasteiger partial charge is 0.323 e. The van der Waals surface area contributed by atoms with E-state index in [0.29, 0.717) is 23.8 Å². The van der Waals surface area contributed by atoms with Crippen LogP contribution in [0.15, 0.2) is 33.4 Å². The summed E-state index contributed by atoms with van der Waals surface area (Å²) in [6.07, 6.45) is 1.55. The molecule has 0 unspecified atom stereocenters. The number of aliphatic carboxylic acids is 1. The number of furan rings is 1. The van der Waals surface area contributed by atoms with E-state index < -0.39 is 11.5 Å². The maximum Gasteiger partial charge on any atom is 0.323 e. The van der Waals surface area contributed by atoms with Crippen LogP contribution < -0.4 is 0 Å².